The SMILES string of the molecule is O=C(CN[C@@H](c1ccccc1)c1ccco1)N[C@@H]1CS(=O)(=O)C[C@@H]1Cl. The number of alkyl halides is 1. The fourth-order valence-electron chi connectivity index (χ4n) is 2.87. The van der Waals surface area contributed by atoms with E-state index in [0.29, 0.717) is 5.76 Å². The largest absolute Gasteiger partial charge is 0.467 e. The molecule has 0 aliphatic carbocycles. The molecule has 8 heteroatoms. The number of rotatable bonds is 6. The lowest BCUT2D eigenvalue weighted by atomic mass is 10.0. The second-order valence-electron chi connectivity index (χ2n) is 6.01. The van der Waals surface area contributed by atoms with Gasteiger partial charge in [0.1, 0.15) is 5.76 Å². The van der Waals surface area contributed by atoms with Crippen molar-refractivity contribution in [2.45, 2.75) is 17.5 Å². The predicted molar refractivity (Wildman–Crippen MR) is 95.2 cm³/mol. The number of nitrogens with one attached hydrogen (secondary N) is 2. The molecule has 1 amide bonds. The van der Waals surface area contributed by atoms with Crippen LogP contribution < -0.4 is 10.6 Å². The first-order valence-electron chi connectivity index (χ1n) is 7.90. The van der Waals surface area contributed by atoms with Crippen molar-refractivity contribution in [2.24, 2.45) is 0 Å². The molecule has 1 saturated heterocycles. The van der Waals surface area contributed by atoms with Crippen molar-refractivity contribution >= 4 is 27.3 Å². The van der Waals surface area contributed by atoms with Crippen molar-refractivity contribution in [3.05, 3.63) is 60.1 Å². The topological polar surface area (TPSA) is 88.4 Å². The maximum atomic E-state index is 12.2. The molecule has 0 saturated carbocycles. The zero-order chi connectivity index (χ0) is 17.9. The molecule has 0 bridgehead atoms. The number of amides is 1. The van der Waals surface area contributed by atoms with Crippen LogP contribution in [0.25, 0.3) is 0 Å². The fourth-order valence-corrected chi connectivity index (χ4v) is 5.42. The van der Waals surface area contributed by atoms with Gasteiger partial charge in [0.05, 0.1) is 41.8 Å². The molecule has 2 aromatic rings. The second-order valence-corrected chi connectivity index (χ2v) is 8.72. The van der Waals surface area contributed by atoms with Crippen LogP contribution in [0.5, 0.6) is 0 Å². The van der Waals surface area contributed by atoms with Crippen LogP contribution in [0.1, 0.15) is 17.4 Å². The van der Waals surface area contributed by atoms with Gasteiger partial charge in [-0.25, -0.2) is 8.42 Å². The number of sulfone groups is 1. The summed E-state index contributed by atoms with van der Waals surface area (Å²) >= 11 is 6.02. The molecule has 1 fully saturated rings. The number of benzene rings is 1. The normalized spacial score (nSPS) is 23.2. The van der Waals surface area contributed by atoms with E-state index in [0.717, 1.165) is 5.56 Å². The van der Waals surface area contributed by atoms with Crippen LogP contribution in [0.3, 0.4) is 0 Å². The summed E-state index contributed by atoms with van der Waals surface area (Å²) in [5.74, 6) is 0.164. The Morgan fingerprint density at radius 1 is 1.20 bits per heavy atom. The summed E-state index contributed by atoms with van der Waals surface area (Å²) < 4.78 is 28.6. The molecular weight excluding hydrogens is 364 g/mol. The summed E-state index contributed by atoms with van der Waals surface area (Å²) in [7, 11) is -3.18. The summed E-state index contributed by atoms with van der Waals surface area (Å²) in [6, 6.07) is 12.4. The predicted octanol–water partition coefficient (Wildman–Crippen LogP) is 1.48. The molecule has 2 heterocycles. The van der Waals surface area contributed by atoms with Crippen LogP contribution >= 0.6 is 11.6 Å². The number of hydrogen-bond acceptors (Lipinski definition) is 5. The Balaban J connectivity index is 1.63. The van der Waals surface area contributed by atoms with Gasteiger partial charge in [-0.3, -0.25) is 10.1 Å². The van der Waals surface area contributed by atoms with Gasteiger partial charge in [0.25, 0.3) is 0 Å². The van der Waals surface area contributed by atoms with E-state index in [1.807, 2.05) is 36.4 Å². The quantitative estimate of drug-likeness (QED) is 0.739. The standard InChI is InChI=1S/C17H19ClN2O4S/c18-13-10-25(22,23)11-14(13)20-16(21)9-19-17(15-7-4-8-24-15)12-5-2-1-3-6-12/h1-8,13-14,17,19H,9-11H2,(H,20,21)/t13-,14+,17-/m0/s1. The molecule has 3 rings (SSSR count). The second kappa shape index (κ2) is 7.59. The van der Waals surface area contributed by atoms with Gasteiger partial charge in [0.2, 0.25) is 5.91 Å². The Morgan fingerprint density at radius 3 is 2.56 bits per heavy atom. The van der Waals surface area contributed by atoms with Crippen LogP contribution in [0.4, 0.5) is 0 Å². The molecule has 1 aromatic heterocycles. The molecule has 1 aromatic carbocycles. The first-order chi connectivity index (χ1) is 11.9. The monoisotopic (exact) mass is 382 g/mol. The number of halogens is 1. The van der Waals surface area contributed by atoms with Gasteiger partial charge in [-0.15, -0.1) is 11.6 Å². The highest BCUT2D eigenvalue weighted by molar-refractivity contribution is 7.91. The smallest absolute Gasteiger partial charge is 0.234 e. The maximum absolute atomic E-state index is 12.2. The van der Waals surface area contributed by atoms with E-state index in [9.17, 15) is 13.2 Å². The summed E-state index contributed by atoms with van der Waals surface area (Å²) in [4.78, 5) is 12.2. The third-order valence-corrected chi connectivity index (χ3v) is 6.43. The van der Waals surface area contributed by atoms with Crippen LogP contribution in [-0.2, 0) is 14.6 Å². The first-order valence-corrected chi connectivity index (χ1v) is 10.2. The lowest BCUT2D eigenvalue weighted by molar-refractivity contribution is -0.120. The Kier molecular flexibility index (Phi) is 5.46. The van der Waals surface area contributed by atoms with E-state index in [4.69, 9.17) is 16.0 Å². The Hall–Kier alpha value is -1.83. The van der Waals surface area contributed by atoms with Gasteiger partial charge in [-0.1, -0.05) is 30.3 Å². The number of carbonyl (C=O) groups excluding carboxylic acids is 1. The molecule has 0 spiro atoms. The van der Waals surface area contributed by atoms with Crippen LogP contribution in [0, 0.1) is 0 Å². The van der Waals surface area contributed by atoms with Gasteiger partial charge >= 0.3 is 0 Å². The van der Waals surface area contributed by atoms with Crippen molar-refractivity contribution in [1.29, 1.82) is 0 Å². The molecule has 134 valence electrons. The number of furan rings is 1. The first kappa shape index (κ1) is 18.0. The minimum absolute atomic E-state index is 0.0143. The van der Waals surface area contributed by atoms with Crippen molar-refractivity contribution in [2.75, 3.05) is 18.1 Å². The van der Waals surface area contributed by atoms with Gasteiger partial charge in [-0.2, -0.15) is 0 Å². The molecule has 0 unspecified atom stereocenters. The van der Waals surface area contributed by atoms with Crippen LogP contribution in [-0.4, -0.2) is 43.8 Å². The zero-order valence-electron chi connectivity index (χ0n) is 13.4. The number of carbonyl (C=O) groups is 1. The molecule has 1 aliphatic rings. The molecular formula is C17H19ClN2O4S. The minimum atomic E-state index is -3.18. The van der Waals surface area contributed by atoms with E-state index < -0.39 is 21.3 Å². The molecule has 0 radical (unpaired) electrons. The minimum Gasteiger partial charge on any atom is -0.467 e. The Morgan fingerprint density at radius 2 is 1.96 bits per heavy atom. The maximum Gasteiger partial charge on any atom is 0.234 e. The number of hydrogen-bond donors (Lipinski definition) is 2. The fraction of sp³-hybridized carbons (Fsp3) is 0.353. The average molecular weight is 383 g/mol. The van der Waals surface area contributed by atoms with Crippen molar-refractivity contribution in [3.8, 4) is 0 Å². The van der Waals surface area contributed by atoms with Crippen molar-refractivity contribution in [1.82, 2.24) is 10.6 Å². The highest BCUT2D eigenvalue weighted by atomic mass is 35.5. The zero-order valence-corrected chi connectivity index (χ0v) is 15.0. The summed E-state index contributed by atoms with van der Waals surface area (Å²) in [5, 5.41) is 5.25. The average Bonchev–Trinajstić information content (AvgIpc) is 3.17. The van der Waals surface area contributed by atoms with Crippen molar-refractivity contribution in [3.63, 3.8) is 0 Å². The molecule has 1 aliphatic heterocycles. The van der Waals surface area contributed by atoms with Gasteiger partial charge in [0.15, 0.2) is 9.84 Å². The summed E-state index contributed by atoms with van der Waals surface area (Å²) in [5.41, 5.74) is 0.962. The van der Waals surface area contributed by atoms with E-state index in [1.165, 1.54) is 0 Å². The van der Waals surface area contributed by atoms with Crippen LogP contribution in [0.15, 0.2) is 53.1 Å². The Bertz CT molecular complexity index is 808. The Labute approximate surface area is 151 Å². The highest BCUT2D eigenvalue weighted by Gasteiger charge is 2.37. The highest BCUT2D eigenvalue weighted by Crippen LogP contribution is 2.22. The molecule has 25 heavy (non-hydrogen) atoms. The van der Waals surface area contributed by atoms with E-state index in [1.54, 1.807) is 12.3 Å². The summed E-state index contributed by atoms with van der Waals surface area (Å²) in [6.45, 7) is 0.0143. The van der Waals surface area contributed by atoms with Crippen molar-refractivity contribution < 1.29 is 17.6 Å². The third-order valence-electron chi connectivity index (χ3n) is 4.06. The molecule has 6 nitrogen and oxygen atoms in total. The van der Waals surface area contributed by atoms with Gasteiger partial charge < -0.3 is 9.73 Å². The summed E-state index contributed by atoms with van der Waals surface area (Å²) in [6.07, 6.45) is 1.58. The lowest BCUT2D eigenvalue weighted by Gasteiger charge is -2.19. The molecule has 2 N–H and O–H groups in total. The van der Waals surface area contributed by atoms with Crippen LogP contribution in [0.2, 0.25) is 0 Å². The third kappa shape index (κ3) is 4.62. The lowest BCUT2D eigenvalue weighted by Crippen LogP contribution is -2.45. The van der Waals surface area contributed by atoms with Gasteiger partial charge in [0, 0.05) is 0 Å². The van der Waals surface area contributed by atoms with Gasteiger partial charge in [-0.05, 0) is 17.7 Å². The van der Waals surface area contributed by atoms with E-state index in [2.05, 4.69) is 10.6 Å². The van der Waals surface area contributed by atoms with E-state index >= 15 is 0 Å². The van der Waals surface area contributed by atoms with E-state index in [-0.39, 0.29) is 30.0 Å². The molecule has 3 atom stereocenters.